The maximum absolute atomic E-state index is 13.7. The first-order valence-corrected chi connectivity index (χ1v) is 6.80. The van der Waals surface area contributed by atoms with Gasteiger partial charge in [0.15, 0.2) is 11.6 Å². The Kier molecular flexibility index (Phi) is 4.92. The standard InChI is InChI=1S/C14H10Cl3FO/c15-7-9-2-4-14(13(18)6-9)19-8-10-1-3-11(16)12(17)5-10/h1-6H,7-8H2. The zero-order valence-electron chi connectivity index (χ0n) is 9.80. The highest BCUT2D eigenvalue weighted by molar-refractivity contribution is 6.42. The number of alkyl halides is 1. The Bertz CT molecular complexity index is 587. The number of hydrogen-bond acceptors (Lipinski definition) is 1. The summed E-state index contributed by atoms with van der Waals surface area (Å²) in [6.07, 6.45) is 0. The Morgan fingerprint density at radius 1 is 0.947 bits per heavy atom. The number of ether oxygens (including phenoxy) is 1. The van der Waals surface area contributed by atoms with Crippen molar-refractivity contribution in [2.24, 2.45) is 0 Å². The van der Waals surface area contributed by atoms with Crippen LogP contribution in [0.2, 0.25) is 10.0 Å². The summed E-state index contributed by atoms with van der Waals surface area (Å²) in [5, 5.41) is 0.920. The third-order valence-corrected chi connectivity index (χ3v) is 3.58. The van der Waals surface area contributed by atoms with Gasteiger partial charge in [-0.1, -0.05) is 35.3 Å². The molecule has 5 heteroatoms. The molecular weight excluding hydrogens is 310 g/mol. The van der Waals surface area contributed by atoms with E-state index in [2.05, 4.69) is 0 Å². The van der Waals surface area contributed by atoms with Gasteiger partial charge in [0.1, 0.15) is 6.61 Å². The molecule has 1 nitrogen and oxygen atoms in total. The smallest absolute Gasteiger partial charge is 0.165 e. The van der Waals surface area contributed by atoms with Gasteiger partial charge >= 0.3 is 0 Å². The maximum atomic E-state index is 13.7. The first-order chi connectivity index (χ1) is 9.10. The lowest BCUT2D eigenvalue weighted by Gasteiger charge is -2.08. The molecule has 0 N–H and O–H groups in total. The van der Waals surface area contributed by atoms with Crippen molar-refractivity contribution in [2.45, 2.75) is 12.5 Å². The van der Waals surface area contributed by atoms with E-state index in [4.69, 9.17) is 39.5 Å². The molecule has 2 aromatic rings. The van der Waals surface area contributed by atoms with E-state index in [1.54, 1.807) is 30.3 Å². The number of benzene rings is 2. The van der Waals surface area contributed by atoms with E-state index < -0.39 is 5.82 Å². The van der Waals surface area contributed by atoms with Crippen LogP contribution >= 0.6 is 34.8 Å². The first-order valence-electron chi connectivity index (χ1n) is 5.51. The molecule has 0 radical (unpaired) electrons. The molecule has 0 aliphatic heterocycles. The van der Waals surface area contributed by atoms with Gasteiger partial charge in [-0.05, 0) is 35.4 Å². The molecule has 2 rings (SSSR count). The molecule has 19 heavy (non-hydrogen) atoms. The van der Waals surface area contributed by atoms with Crippen LogP contribution in [0.25, 0.3) is 0 Å². The molecule has 0 aliphatic carbocycles. The largest absolute Gasteiger partial charge is 0.486 e. The molecule has 0 bridgehead atoms. The summed E-state index contributed by atoms with van der Waals surface area (Å²) in [5.41, 5.74) is 1.52. The number of rotatable bonds is 4. The molecule has 0 aromatic heterocycles. The molecule has 0 atom stereocenters. The second-order valence-corrected chi connectivity index (χ2v) is 5.02. The molecule has 0 fully saturated rings. The Labute approximate surface area is 125 Å². The van der Waals surface area contributed by atoms with Gasteiger partial charge in [-0.3, -0.25) is 0 Å². The minimum Gasteiger partial charge on any atom is -0.486 e. The fourth-order valence-corrected chi connectivity index (χ4v) is 2.02. The van der Waals surface area contributed by atoms with Crippen LogP contribution in [0, 0.1) is 5.82 Å². The van der Waals surface area contributed by atoms with Crippen LogP contribution < -0.4 is 4.74 Å². The van der Waals surface area contributed by atoms with Gasteiger partial charge in [-0.2, -0.15) is 0 Å². The van der Waals surface area contributed by atoms with Crippen molar-refractivity contribution in [3.05, 3.63) is 63.4 Å². The monoisotopic (exact) mass is 318 g/mol. The number of halogens is 4. The van der Waals surface area contributed by atoms with Gasteiger partial charge in [-0.15, -0.1) is 11.6 Å². The van der Waals surface area contributed by atoms with E-state index in [9.17, 15) is 4.39 Å². The lowest BCUT2D eigenvalue weighted by molar-refractivity contribution is 0.290. The summed E-state index contributed by atoms with van der Waals surface area (Å²) >= 11 is 17.3. The van der Waals surface area contributed by atoms with Gasteiger partial charge < -0.3 is 4.74 Å². The predicted molar refractivity (Wildman–Crippen MR) is 76.8 cm³/mol. The molecule has 0 saturated carbocycles. The fourth-order valence-electron chi connectivity index (χ4n) is 1.54. The third-order valence-electron chi connectivity index (χ3n) is 2.53. The second kappa shape index (κ2) is 6.47. The molecule has 0 saturated heterocycles. The van der Waals surface area contributed by atoms with Gasteiger partial charge in [-0.25, -0.2) is 4.39 Å². The van der Waals surface area contributed by atoms with Gasteiger partial charge in [0.25, 0.3) is 0 Å². The van der Waals surface area contributed by atoms with Crippen molar-refractivity contribution < 1.29 is 9.13 Å². The van der Waals surface area contributed by atoms with Crippen LogP contribution in [-0.4, -0.2) is 0 Å². The van der Waals surface area contributed by atoms with E-state index >= 15 is 0 Å². The van der Waals surface area contributed by atoms with Crippen molar-refractivity contribution in [2.75, 3.05) is 0 Å². The van der Waals surface area contributed by atoms with E-state index in [-0.39, 0.29) is 18.2 Å². The second-order valence-electron chi connectivity index (χ2n) is 3.94. The lowest BCUT2D eigenvalue weighted by atomic mass is 10.2. The van der Waals surface area contributed by atoms with Crippen molar-refractivity contribution in [1.29, 1.82) is 0 Å². The van der Waals surface area contributed by atoms with Gasteiger partial charge in [0, 0.05) is 5.88 Å². The topological polar surface area (TPSA) is 9.23 Å². The normalized spacial score (nSPS) is 10.5. The predicted octanol–water partition coefficient (Wildman–Crippen LogP) is 5.45. The molecule has 100 valence electrons. The molecule has 0 heterocycles. The average molecular weight is 320 g/mol. The molecule has 0 amide bonds. The highest BCUT2D eigenvalue weighted by Crippen LogP contribution is 2.24. The minimum absolute atomic E-state index is 0.180. The Morgan fingerprint density at radius 3 is 2.32 bits per heavy atom. The van der Waals surface area contributed by atoms with Gasteiger partial charge in [0.05, 0.1) is 10.0 Å². The summed E-state index contributed by atoms with van der Waals surface area (Å²) in [6.45, 7) is 0.216. The van der Waals surface area contributed by atoms with E-state index in [1.165, 1.54) is 6.07 Å². The van der Waals surface area contributed by atoms with Gasteiger partial charge in [0.2, 0.25) is 0 Å². The third kappa shape index (κ3) is 3.75. The van der Waals surface area contributed by atoms with Crippen molar-refractivity contribution >= 4 is 34.8 Å². The molecule has 0 aliphatic rings. The highest BCUT2D eigenvalue weighted by Gasteiger charge is 2.06. The zero-order valence-corrected chi connectivity index (χ0v) is 12.1. The van der Waals surface area contributed by atoms with Crippen molar-refractivity contribution in [3.63, 3.8) is 0 Å². The summed E-state index contributed by atoms with van der Waals surface area (Å²) < 4.78 is 19.0. The van der Waals surface area contributed by atoms with Crippen molar-refractivity contribution in [3.8, 4) is 5.75 Å². The van der Waals surface area contributed by atoms with Crippen LogP contribution in [0.1, 0.15) is 11.1 Å². The Balaban J connectivity index is 2.07. The SMILES string of the molecule is Fc1cc(CCl)ccc1OCc1ccc(Cl)c(Cl)c1. The highest BCUT2D eigenvalue weighted by atomic mass is 35.5. The minimum atomic E-state index is -0.432. The molecular formula is C14H10Cl3FO. The van der Waals surface area contributed by atoms with Crippen LogP contribution in [-0.2, 0) is 12.5 Å². The van der Waals surface area contributed by atoms with Crippen LogP contribution in [0.15, 0.2) is 36.4 Å². The summed E-state index contributed by atoms with van der Waals surface area (Å²) in [5.74, 6) is 0.0161. The van der Waals surface area contributed by atoms with Crippen LogP contribution in [0.3, 0.4) is 0 Å². The van der Waals surface area contributed by atoms with E-state index in [0.717, 1.165) is 5.56 Å². The van der Waals surface area contributed by atoms with Crippen LogP contribution in [0.4, 0.5) is 4.39 Å². The Morgan fingerprint density at radius 2 is 1.68 bits per heavy atom. The zero-order chi connectivity index (χ0) is 13.8. The first kappa shape index (κ1) is 14.4. The Hall–Kier alpha value is -0.960. The van der Waals surface area contributed by atoms with E-state index in [0.29, 0.717) is 15.6 Å². The average Bonchev–Trinajstić information content (AvgIpc) is 2.41. The van der Waals surface area contributed by atoms with E-state index in [1.807, 2.05) is 0 Å². The summed E-state index contributed by atoms with van der Waals surface area (Å²) in [4.78, 5) is 0. The van der Waals surface area contributed by atoms with Crippen LogP contribution in [0.5, 0.6) is 5.75 Å². The summed E-state index contributed by atoms with van der Waals surface area (Å²) in [7, 11) is 0. The lowest BCUT2D eigenvalue weighted by Crippen LogP contribution is -1.98. The quantitative estimate of drug-likeness (QED) is 0.681. The maximum Gasteiger partial charge on any atom is 0.165 e. The molecule has 2 aromatic carbocycles. The number of hydrogen-bond donors (Lipinski definition) is 0. The molecule has 0 spiro atoms. The molecule has 0 unspecified atom stereocenters. The summed E-state index contributed by atoms with van der Waals surface area (Å²) in [6, 6.07) is 9.78. The fraction of sp³-hybridized carbons (Fsp3) is 0.143. The van der Waals surface area contributed by atoms with Crippen molar-refractivity contribution in [1.82, 2.24) is 0 Å².